The Labute approximate surface area is 156 Å². The van der Waals surface area contributed by atoms with Crippen molar-refractivity contribution in [3.05, 3.63) is 84.7 Å². The lowest BCUT2D eigenvalue weighted by atomic mass is 10.0. The van der Waals surface area contributed by atoms with E-state index in [2.05, 4.69) is 20.8 Å². The highest BCUT2D eigenvalue weighted by molar-refractivity contribution is 6.06. The van der Waals surface area contributed by atoms with E-state index in [0.29, 0.717) is 24.5 Å². The highest BCUT2D eigenvalue weighted by Crippen LogP contribution is 2.18. The van der Waals surface area contributed by atoms with Crippen molar-refractivity contribution in [2.75, 3.05) is 18.4 Å². The minimum atomic E-state index is -0.0809. The Morgan fingerprint density at radius 3 is 2.48 bits per heavy atom. The molecule has 2 N–H and O–H groups in total. The molecule has 0 saturated heterocycles. The van der Waals surface area contributed by atoms with Gasteiger partial charge in [0.05, 0.1) is 0 Å². The molecule has 0 saturated carbocycles. The summed E-state index contributed by atoms with van der Waals surface area (Å²) in [5, 5.41) is 16.5. The van der Waals surface area contributed by atoms with Gasteiger partial charge in [-0.05, 0) is 41.1 Å². The number of fused-ring (bicyclic) bond motifs is 1. The van der Waals surface area contributed by atoms with E-state index >= 15 is 0 Å². The lowest BCUT2D eigenvalue weighted by molar-refractivity contribution is 0.0957. The van der Waals surface area contributed by atoms with E-state index < -0.39 is 0 Å². The van der Waals surface area contributed by atoms with Crippen LogP contribution in [-0.2, 0) is 0 Å². The van der Waals surface area contributed by atoms with Crippen LogP contribution < -0.4 is 10.6 Å². The van der Waals surface area contributed by atoms with Crippen molar-refractivity contribution >= 4 is 22.5 Å². The Morgan fingerprint density at radius 1 is 0.852 bits per heavy atom. The summed E-state index contributed by atoms with van der Waals surface area (Å²) in [7, 11) is 0. The van der Waals surface area contributed by atoms with E-state index in [1.54, 1.807) is 0 Å². The smallest absolute Gasteiger partial charge is 0.251 e. The van der Waals surface area contributed by atoms with E-state index in [1.165, 1.54) is 0 Å². The standard InChI is InChI=1S/C21H19N5O/c27-21(18-9-5-7-16-6-1-2-8-17(16)18)23-13-12-22-19-10-11-20(25-24-19)26-14-3-4-15-26/h1-11,14-15H,12-13H2,(H,22,24)(H,23,27). The molecule has 1 amide bonds. The molecule has 0 radical (unpaired) electrons. The molecule has 2 heterocycles. The second kappa shape index (κ2) is 7.70. The predicted octanol–water partition coefficient (Wildman–Crippen LogP) is 3.26. The zero-order chi connectivity index (χ0) is 18.5. The van der Waals surface area contributed by atoms with Gasteiger partial charge in [0.25, 0.3) is 5.91 Å². The van der Waals surface area contributed by atoms with Crippen molar-refractivity contribution in [2.24, 2.45) is 0 Å². The van der Waals surface area contributed by atoms with Gasteiger partial charge in [0, 0.05) is 31.0 Å². The number of anilines is 1. The van der Waals surface area contributed by atoms with Gasteiger partial charge in [0.1, 0.15) is 5.82 Å². The fourth-order valence-electron chi connectivity index (χ4n) is 2.93. The van der Waals surface area contributed by atoms with Gasteiger partial charge in [-0.1, -0.05) is 36.4 Å². The number of hydrogen-bond acceptors (Lipinski definition) is 4. The lowest BCUT2D eigenvalue weighted by Gasteiger charge is -2.09. The first kappa shape index (κ1) is 16.8. The molecule has 2 aromatic carbocycles. The van der Waals surface area contributed by atoms with Crippen LogP contribution in [0, 0.1) is 0 Å². The maximum Gasteiger partial charge on any atom is 0.251 e. The van der Waals surface area contributed by atoms with Gasteiger partial charge in [-0.25, -0.2) is 0 Å². The third kappa shape index (κ3) is 3.79. The van der Waals surface area contributed by atoms with Gasteiger partial charge in [-0.2, -0.15) is 0 Å². The molecule has 27 heavy (non-hydrogen) atoms. The molecule has 6 heteroatoms. The number of benzene rings is 2. The zero-order valence-corrected chi connectivity index (χ0v) is 14.7. The summed E-state index contributed by atoms with van der Waals surface area (Å²) in [6.45, 7) is 1.05. The van der Waals surface area contributed by atoms with Crippen LogP contribution in [0.2, 0.25) is 0 Å². The van der Waals surface area contributed by atoms with Gasteiger partial charge >= 0.3 is 0 Å². The van der Waals surface area contributed by atoms with E-state index in [1.807, 2.05) is 83.7 Å². The normalized spacial score (nSPS) is 10.7. The van der Waals surface area contributed by atoms with Gasteiger partial charge in [0.15, 0.2) is 5.82 Å². The molecule has 0 unspecified atom stereocenters. The summed E-state index contributed by atoms with van der Waals surface area (Å²) in [5.41, 5.74) is 0.684. The van der Waals surface area contributed by atoms with Gasteiger partial charge in [-0.3, -0.25) is 4.79 Å². The average Bonchev–Trinajstić information content (AvgIpc) is 3.26. The Hall–Kier alpha value is -3.67. The number of nitrogens with zero attached hydrogens (tertiary/aromatic N) is 3. The van der Waals surface area contributed by atoms with Gasteiger partial charge < -0.3 is 15.2 Å². The quantitative estimate of drug-likeness (QED) is 0.520. The molecule has 0 aliphatic heterocycles. The highest BCUT2D eigenvalue weighted by Gasteiger charge is 2.08. The molecule has 0 aliphatic carbocycles. The molecule has 0 atom stereocenters. The summed E-state index contributed by atoms with van der Waals surface area (Å²) < 4.78 is 1.89. The largest absolute Gasteiger partial charge is 0.367 e. The minimum Gasteiger partial charge on any atom is -0.367 e. The molecule has 2 aromatic heterocycles. The molecular weight excluding hydrogens is 338 g/mol. The molecule has 4 aromatic rings. The third-order valence-corrected chi connectivity index (χ3v) is 4.27. The molecule has 0 spiro atoms. The summed E-state index contributed by atoms with van der Waals surface area (Å²) >= 11 is 0. The first-order valence-corrected chi connectivity index (χ1v) is 8.78. The number of carbonyl (C=O) groups excluding carboxylic acids is 1. The number of nitrogens with one attached hydrogen (secondary N) is 2. The van der Waals surface area contributed by atoms with Crippen LogP contribution in [-0.4, -0.2) is 33.8 Å². The SMILES string of the molecule is O=C(NCCNc1ccc(-n2cccc2)nn1)c1cccc2ccccc12. The van der Waals surface area contributed by atoms with Crippen LogP contribution in [0.5, 0.6) is 0 Å². The Bertz CT molecular complexity index is 1040. The van der Waals surface area contributed by atoms with E-state index in [-0.39, 0.29) is 5.91 Å². The Morgan fingerprint density at radius 2 is 1.67 bits per heavy atom. The van der Waals surface area contributed by atoms with Crippen molar-refractivity contribution in [3.8, 4) is 5.82 Å². The minimum absolute atomic E-state index is 0.0809. The Kier molecular flexibility index (Phi) is 4.78. The molecule has 0 bridgehead atoms. The van der Waals surface area contributed by atoms with Gasteiger partial charge in [-0.15, -0.1) is 10.2 Å². The maximum absolute atomic E-state index is 12.5. The fraction of sp³-hybridized carbons (Fsp3) is 0.0952. The van der Waals surface area contributed by atoms with E-state index in [9.17, 15) is 4.79 Å². The number of hydrogen-bond donors (Lipinski definition) is 2. The summed E-state index contributed by atoms with van der Waals surface area (Å²) in [5.74, 6) is 1.35. The maximum atomic E-state index is 12.5. The summed E-state index contributed by atoms with van der Waals surface area (Å²) in [6.07, 6.45) is 3.83. The van der Waals surface area contributed by atoms with Crippen LogP contribution in [0.15, 0.2) is 79.1 Å². The summed E-state index contributed by atoms with van der Waals surface area (Å²) in [4.78, 5) is 12.5. The molecular formula is C21H19N5O. The van der Waals surface area contributed by atoms with E-state index in [4.69, 9.17) is 0 Å². The van der Waals surface area contributed by atoms with Crippen molar-refractivity contribution in [2.45, 2.75) is 0 Å². The van der Waals surface area contributed by atoms with Crippen LogP contribution in [0.3, 0.4) is 0 Å². The molecule has 134 valence electrons. The van der Waals surface area contributed by atoms with Crippen molar-refractivity contribution in [1.82, 2.24) is 20.1 Å². The van der Waals surface area contributed by atoms with Crippen molar-refractivity contribution in [3.63, 3.8) is 0 Å². The van der Waals surface area contributed by atoms with Crippen LogP contribution in [0.1, 0.15) is 10.4 Å². The summed E-state index contributed by atoms with van der Waals surface area (Å²) in [6, 6.07) is 21.3. The van der Waals surface area contributed by atoms with Crippen LogP contribution in [0.25, 0.3) is 16.6 Å². The lowest BCUT2D eigenvalue weighted by Crippen LogP contribution is -2.29. The number of amides is 1. The zero-order valence-electron chi connectivity index (χ0n) is 14.7. The monoisotopic (exact) mass is 357 g/mol. The first-order valence-electron chi connectivity index (χ1n) is 8.78. The van der Waals surface area contributed by atoms with Crippen LogP contribution in [0.4, 0.5) is 5.82 Å². The second-order valence-corrected chi connectivity index (χ2v) is 6.08. The fourth-order valence-corrected chi connectivity index (χ4v) is 2.93. The topological polar surface area (TPSA) is 71.8 Å². The Balaban J connectivity index is 1.31. The average molecular weight is 357 g/mol. The third-order valence-electron chi connectivity index (χ3n) is 4.27. The molecule has 0 fully saturated rings. The van der Waals surface area contributed by atoms with Crippen molar-refractivity contribution in [1.29, 1.82) is 0 Å². The molecule has 6 nitrogen and oxygen atoms in total. The first-order chi connectivity index (χ1) is 13.3. The number of rotatable bonds is 6. The van der Waals surface area contributed by atoms with Crippen LogP contribution >= 0.6 is 0 Å². The highest BCUT2D eigenvalue weighted by atomic mass is 16.1. The second-order valence-electron chi connectivity index (χ2n) is 6.08. The predicted molar refractivity (Wildman–Crippen MR) is 106 cm³/mol. The molecule has 0 aliphatic rings. The molecule has 4 rings (SSSR count). The number of aromatic nitrogens is 3. The number of carbonyl (C=O) groups is 1. The van der Waals surface area contributed by atoms with Crippen molar-refractivity contribution < 1.29 is 4.79 Å². The van der Waals surface area contributed by atoms with E-state index in [0.717, 1.165) is 16.6 Å². The van der Waals surface area contributed by atoms with Gasteiger partial charge in [0.2, 0.25) is 0 Å².